The van der Waals surface area contributed by atoms with Crippen molar-refractivity contribution in [2.75, 3.05) is 51.1 Å². The van der Waals surface area contributed by atoms with Crippen molar-refractivity contribution in [2.24, 2.45) is 0 Å². The van der Waals surface area contributed by atoms with Gasteiger partial charge < -0.3 is 26.6 Å². The predicted octanol–water partition coefficient (Wildman–Crippen LogP) is 6.74. The number of hydrogen-bond donors (Lipinski definition) is 0. The Labute approximate surface area is 214 Å². The molecule has 0 N–H and O–H groups in total. The van der Waals surface area contributed by atoms with Gasteiger partial charge in [0.2, 0.25) is 0 Å². The van der Waals surface area contributed by atoms with E-state index in [0.29, 0.717) is 39.6 Å². The van der Waals surface area contributed by atoms with Crippen LogP contribution in [0.2, 0.25) is 12.1 Å². The van der Waals surface area contributed by atoms with Crippen molar-refractivity contribution in [3.63, 3.8) is 0 Å². The molecule has 0 bridgehead atoms. The van der Waals surface area contributed by atoms with Gasteiger partial charge in [-0.1, -0.05) is 12.8 Å². The summed E-state index contributed by atoms with van der Waals surface area (Å²) >= 11 is 3.11. The van der Waals surface area contributed by atoms with E-state index in [9.17, 15) is 0 Å². The van der Waals surface area contributed by atoms with Crippen molar-refractivity contribution in [1.29, 1.82) is 0 Å². The first-order valence-electron chi connectivity index (χ1n) is 12.8. The van der Waals surface area contributed by atoms with Gasteiger partial charge in [-0.05, 0) is 67.2 Å². The summed E-state index contributed by atoms with van der Waals surface area (Å²) in [4.78, 5) is 0. The average molecular weight is 547 g/mol. The molecule has 0 unspecified atom stereocenters. The molecule has 0 aliphatic heterocycles. The van der Waals surface area contributed by atoms with Gasteiger partial charge in [0.25, 0.3) is 0 Å². The van der Waals surface area contributed by atoms with Gasteiger partial charge in [-0.15, -0.1) is 0 Å². The molecular formula is C22H50O7S2Si2. The van der Waals surface area contributed by atoms with Crippen LogP contribution in [0.5, 0.6) is 0 Å². The molecule has 0 heterocycles. The summed E-state index contributed by atoms with van der Waals surface area (Å²) in [5.41, 5.74) is 0. The molecule has 0 fully saturated rings. The number of rotatable bonds is 26. The molecule has 0 spiro atoms. The zero-order valence-electron chi connectivity index (χ0n) is 22.0. The highest BCUT2D eigenvalue weighted by atomic mass is 32.2. The van der Waals surface area contributed by atoms with Crippen LogP contribution in [0.1, 0.15) is 80.1 Å². The first-order chi connectivity index (χ1) is 16.1. The number of hydrogen-bond acceptors (Lipinski definition) is 9. The second-order valence-corrected chi connectivity index (χ2v) is 14.6. The van der Waals surface area contributed by atoms with Gasteiger partial charge in [-0.3, -0.25) is 0 Å². The second kappa shape index (κ2) is 23.3. The maximum Gasteiger partial charge on any atom is 0.500 e. The zero-order chi connectivity index (χ0) is 24.7. The van der Waals surface area contributed by atoms with Crippen LogP contribution in [0.4, 0.5) is 0 Å². The summed E-state index contributed by atoms with van der Waals surface area (Å²) in [5, 5.41) is 0. The van der Waals surface area contributed by atoms with Crippen LogP contribution in [0.15, 0.2) is 0 Å². The molecule has 0 aliphatic rings. The normalized spacial score (nSPS) is 12.5. The minimum Gasteiger partial charge on any atom is -0.374 e. The average Bonchev–Trinajstić information content (AvgIpc) is 2.78. The highest BCUT2D eigenvalue weighted by Gasteiger charge is 2.40. The van der Waals surface area contributed by atoms with Gasteiger partial charge in [-0.25, -0.2) is 3.63 Å². The first-order valence-corrected chi connectivity index (χ1v) is 18.5. The van der Waals surface area contributed by atoms with Gasteiger partial charge in [0.15, 0.2) is 0 Å². The second-order valence-electron chi connectivity index (χ2n) is 7.30. The van der Waals surface area contributed by atoms with Crippen LogP contribution in [-0.4, -0.2) is 68.8 Å². The Kier molecular flexibility index (Phi) is 23.9. The summed E-state index contributed by atoms with van der Waals surface area (Å²) in [6, 6.07) is 1.78. The molecule has 0 saturated heterocycles. The highest BCUT2D eigenvalue weighted by Crippen LogP contribution is 2.23. The minimum absolute atomic E-state index is 0.640. The molecule has 0 aromatic heterocycles. The molecule has 7 nitrogen and oxygen atoms in total. The summed E-state index contributed by atoms with van der Waals surface area (Å²) in [6.45, 7) is 15.9. The van der Waals surface area contributed by atoms with Crippen LogP contribution >= 0.6 is 24.1 Å². The lowest BCUT2D eigenvalue weighted by atomic mass is 10.3. The van der Waals surface area contributed by atoms with E-state index in [1.54, 1.807) is 24.1 Å². The van der Waals surface area contributed by atoms with Crippen LogP contribution in [0.3, 0.4) is 0 Å². The Morgan fingerprint density at radius 2 is 0.727 bits per heavy atom. The molecule has 0 rings (SSSR count). The molecule has 33 heavy (non-hydrogen) atoms. The Hall–Kier alpha value is 0.854. The van der Waals surface area contributed by atoms with Gasteiger partial charge >= 0.3 is 17.6 Å². The van der Waals surface area contributed by atoms with Crippen molar-refractivity contribution in [3.8, 4) is 0 Å². The van der Waals surface area contributed by atoms with E-state index in [1.807, 2.05) is 41.5 Å². The molecule has 0 saturated carbocycles. The van der Waals surface area contributed by atoms with E-state index in [4.69, 9.17) is 30.2 Å². The van der Waals surface area contributed by atoms with Crippen LogP contribution in [-0.2, 0) is 30.2 Å². The molecule has 11 heteroatoms. The van der Waals surface area contributed by atoms with Gasteiger partial charge in [-0.2, -0.15) is 0 Å². The summed E-state index contributed by atoms with van der Waals surface area (Å²) < 4.78 is 41.1. The van der Waals surface area contributed by atoms with E-state index in [2.05, 4.69) is 0 Å². The third kappa shape index (κ3) is 17.0. The van der Waals surface area contributed by atoms with Crippen molar-refractivity contribution >= 4 is 41.7 Å². The fourth-order valence-corrected chi connectivity index (χ4v) is 10.3. The Balaban J connectivity index is 3.79. The van der Waals surface area contributed by atoms with Gasteiger partial charge in [0.05, 0.1) is 0 Å². The van der Waals surface area contributed by atoms with E-state index >= 15 is 0 Å². The Bertz CT molecular complexity index is 356. The smallest absolute Gasteiger partial charge is 0.374 e. The van der Waals surface area contributed by atoms with E-state index in [1.165, 1.54) is 0 Å². The summed E-state index contributed by atoms with van der Waals surface area (Å²) in [5.74, 6) is 2.01. The van der Waals surface area contributed by atoms with Crippen LogP contribution in [0, 0.1) is 0 Å². The molecule has 0 aliphatic carbocycles. The largest absolute Gasteiger partial charge is 0.500 e. The van der Waals surface area contributed by atoms with Crippen molar-refractivity contribution in [2.45, 2.75) is 92.2 Å². The van der Waals surface area contributed by atoms with Crippen molar-refractivity contribution in [1.82, 2.24) is 0 Å². The monoisotopic (exact) mass is 546 g/mol. The van der Waals surface area contributed by atoms with E-state index in [-0.39, 0.29) is 0 Å². The standard InChI is InChI=1S/C22H50O7S2Si2/c1-7-23-32(24-8-2,25-9-3)21-17-13-15-19-30-29-31-20-16-14-18-22-33(26-10-4,27-11-5)28-12-6/h7-22H2,1-6H3. The van der Waals surface area contributed by atoms with Crippen molar-refractivity contribution in [3.05, 3.63) is 0 Å². The lowest BCUT2D eigenvalue weighted by Crippen LogP contribution is -2.45. The van der Waals surface area contributed by atoms with E-state index in [0.717, 1.165) is 62.1 Å². The predicted molar refractivity (Wildman–Crippen MR) is 145 cm³/mol. The quantitative estimate of drug-likeness (QED) is 0.0666. The maximum absolute atomic E-state index is 5.91. The van der Waals surface area contributed by atoms with Gasteiger partial charge in [0.1, 0.15) is 0 Å². The third-order valence-corrected chi connectivity index (χ3v) is 12.7. The maximum atomic E-state index is 5.91. The Morgan fingerprint density at radius 3 is 1.00 bits per heavy atom. The lowest BCUT2D eigenvalue weighted by Gasteiger charge is -2.28. The zero-order valence-corrected chi connectivity index (χ0v) is 25.6. The molecule has 0 aromatic carbocycles. The molecular weight excluding hydrogens is 497 g/mol. The van der Waals surface area contributed by atoms with Crippen molar-refractivity contribution < 1.29 is 30.2 Å². The lowest BCUT2D eigenvalue weighted by molar-refractivity contribution is 0.0699. The highest BCUT2D eigenvalue weighted by molar-refractivity contribution is 8.07. The summed E-state index contributed by atoms with van der Waals surface area (Å²) in [6.07, 6.45) is 6.65. The molecule has 0 radical (unpaired) electrons. The minimum atomic E-state index is -2.48. The van der Waals surface area contributed by atoms with Gasteiger partial charge in [0, 0.05) is 87.3 Å². The number of unbranched alkanes of at least 4 members (excludes halogenated alkanes) is 4. The third-order valence-electron chi connectivity index (χ3n) is 4.70. The molecule has 0 amide bonds. The summed E-state index contributed by atoms with van der Waals surface area (Å²) in [7, 11) is -4.97. The first kappa shape index (κ1) is 33.9. The molecule has 200 valence electrons. The SMILES string of the molecule is CCO[Si](CCCCCSOSCCCCC[Si](OCC)(OCC)OCC)(OCC)OCC. The fourth-order valence-electron chi connectivity index (χ4n) is 3.46. The van der Waals surface area contributed by atoms with Crippen LogP contribution < -0.4 is 0 Å². The topological polar surface area (TPSA) is 64.6 Å². The fraction of sp³-hybridized carbons (Fsp3) is 1.00. The Morgan fingerprint density at radius 1 is 0.424 bits per heavy atom. The molecule has 0 atom stereocenters. The molecule has 0 aromatic rings. The van der Waals surface area contributed by atoms with E-state index < -0.39 is 17.6 Å². The van der Waals surface area contributed by atoms with Crippen LogP contribution in [0.25, 0.3) is 0 Å².